The third kappa shape index (κ3) is 1.80. The van der Waals surface area contributed by atoms with Gasteiger partial charge in [-0.2, -0.15) is 0 Å². The molecule has 1 heterocycles. The zero-order valence-electron chi connectivity index (χ0n) is 9.96. The third-order valence-electron chi connectivity index (χ3n) is 4.01. The Labute approximate surface area is 101 Å². The first-order chi connectivity index (χ1) is 7.69. The van der Waals surface area contributed by atoms with Crippen molar-refractivity contribution in [3.05, 3.63) is 15.6 Å². The quantitative estimate of drug-likeness (QED) is 0.854. The van der Waals surface area contributed by atoms with Crippen LogP contribution < -0.4 is 5.73 Å². The van der Waals surface area contributed by atoms with Gasteiger partial charge in [0.05, 0.1) is 16.2 Å². The van der Waals surface area contributed by atoms with E-state index in [4.69, 9.17) is 10.7 Å². The molecule has 1 aromatic heterocycles. The minimum absolute atomic E-state index is 0.00860. The maximum absolute atomic E-state index is 6.28. The molecule has 2 nitrogen and oxygen atoms in total. The average Bonchev–Trinajstić information content (AvgIpc) is 2.91. The summed E-state index contributed by atoms with van der Waals surface area (Å²) in [6.45, 7) is 2.13. The molecule has 3 rings (SSSR count). The summed E-state index contributed by atoms with van der Waals surface area (Å²) in [6.07, 6.45) is 9.15. The van der Waals surface area contributed by atoms with Gasteiger partial charge in [0.1, 0.15) is 0 Å². The van der Waals surface area contributed by atoms with E-state index in [1.807, 2.05) is 11.3 Å². The highest BCUT2D eigenvalue weighted by molar-refractivity contribution is 7.12. The van der Waals surface area contributed by atoms with E-state index in [2.05, 4.69) is 6.92 Å². The summed E-state index contributed by atoms with van der Waals surface area (Å²) in [5, 5.41) is 1.36. The summed E-state index contributed by atoms with van der Waals surface area (Å²) in [4.78, 5) is 6.15. The van der Waals surface area contributed by atoms with Crippen molar-refractivity contribution in [3.63, 3.8) is 0 Å². The molecule has 0 spiro atoms. The van der Waals surface area contributed by atoms with Crippen LogP contribution in [0.3, 0.4) is 0 Å². The molecule has 88 valence electrons. The van der Waals surface area contributed by atoms with Crippen molar-refractivity contribution in [2.45, 2.75) is 63.3 Å². The Morgan fingerprint density at radius 1 is 1.25 bits per heavy atom. The molecule has 0 atom stereocenters. The Morgan fingerprint density at radius 2 is 1.94 bits per heavy atom. The van der Waals surface area contributed by atoms with Crippen molar-refractivity contribution in [1.82, 2.24) is 4.98 Å². The van der Waals surface area contributed by atoms with Crippen LogP contribution >= 0.6 is 11.3 Å². The molecule has 0 unspecified atom stereocenters. The van der Waals surface area contributed by atoms with Crippen LogP contribution in [0.1, 0.15) is 66.4 Å². The van der Waals surface area contributed by atoms with Crippen molar-refractivity contribution < 1.29 is 0 Å². The molecular weight excluding hydrogens is 216 g/mol. The van der Waals surface area contributed by atoms with E-state index in [0.717, 1.165) is 18.8 Å². The largest absolute Gasteiger partial charge is 0.321 e. The smallest absolute Gasteiger partial charge is 0.0962 e. The van der Waals surface area contributed by atoms with Gasteiger partial charge in [-0.05, 0) is 32.6 Å². The summed E-state index contributed by atoms with van der Waals surface area (Å²) >= 11 is 1.90. The van der Waals surface area contributed by atoms with Crippen molar-refractivity contribution in [2.24, 2.45) is 5.73 Å². The molecular formula is C13H20N2S. The first-order valence-electron chi connectivity index (χ1n) is 6.46. The lowest BCUT2D eigenvalue weighted by atomic mass is 9.90. The number of nitrogens with zero attached hydrogens (tertiary/aromatic N) is 1. The predicted molar refractivity (Wildman–Crippen MR) is 67.8 cm³/mol. The lowest BCUT2D eigenvalue weighted by Gasteiger charge is -2.19. The van der Waals surface area contributed by atoms with Gasteiger partial charge in [0.2, 0.25) is 0 Å². The zero-order valence-corrected chi connectivity index (χ0v) is 10.8. The molecule has 0 aliphatic heterocycles. The Balaban J connectivity index is 1.85. The van der Waals surface area contributed by atoms with Gasteiger partial charge in [-0.25, -0.2) is 4.98 Å². The highest BCUT2D eigenvalue weighted by Crippen LogP contribution is 2.48. The number of thiazole rings is 1. The number of aromatic nitrogens is 1. The highest BCUT2D eigenvalue weighted by Gasteiger charge is 2.43. The third-order valence-corrected chi connectivity index (χ3v) is 5.55. The Morgan fingerprint density at radius 3 is 2.56 bits per heavy atom. The van der Waals surface area contributed by atoms with E-state index in [9.17, 15) is 0 Å². The van der Waals surface area contributed by atoms with Crippen molar-refractivity contribution in [3.8, 4) is 0 Å². The Kier molecular flexibility index (Phi) is 2.55. The van der Waals surface area contributed by atoms with E-state index in [1.54, 1.807) is 0 Å². The number of hydrogen-bond acceptors (Lipinski definition) is 3. The van der Waals surface area contributed by atoms with Crippen LogP contribution in [-0.2, 0) is 5.54 Å². The molecule has 3 heteroatoms. The molecule has 2 aliphatic rings. The van der Waals surface area contributed by atoms with Crippen LogP contribution in [0.15, 0.2) is 0 Å². The second kappa shape index (κ2) is 3.81. The van der Waals surface area contributed by atoms with Gasteiger partial charge in [-0.3, -0.25) is 0 Å². The molecule has 16 heavy (non-hydrogen) atoms. The van der Waals surface area contributed by atoms with Crippen LogP contribution in [0.5, 0.6) is 0 Å². The highest BCUT2D eigenvalue weighted by atomic mass is 32.1. The van der Waals surface area contributed by atoms with Gasteiger partial charge in [-0.1, -0.05) is 19.3 Å². The SMILES string of the molecule is Cc1nc(C2CCCCC2)sc1C1(N)CC1. The number of aryl methyl sites for hydroxylation is 1. The lowest BCUT2D eigenvalue weighted by Crippen LogP contribution is -2.18. The number of hydrogen-bond donors (Lipinski definition) is 1. The first-order valence-corrected chi connectivity index (χ1v) is 7.27. The molecule has 0 saturated heterocycles. The van der Waals surface area contributed by atoms with Crippen LogP contribution in [0.4, 0.5) is 0 Å². The molecule has 0 bridgehead atoms. The normalized spacial score (nSPS) is 24.6. The fourth-order valence-electron chi connectivity index (χ4n) is 2.77. The average molecular weight is 236 g/mol. The van der Waals surface area contributed by atoms with E-state index in [0.29, 0.717) is 0 Å². The standard InChI is InChI=1S/C13H20N2S/c1-9-11(13(14)7-8-13)16-12(15-9)10-5-3-2-4-6-10/h10H,2-8,14H2,1H3. The van der Waals surface area contributed by atoms with Gasteiger partial charge in [0.15, 0.2) is 0 Å². The van der Waals surface area contributed by atoms with Crippen molar-refractivity contribution in [2.75, 3.05) is 0 Å². The summed E-state index contributed by atoms with van der Waals surface area (Å²) in [5.41, 5.74) is 7.49. The van der Waals surface area contributed by atoms with Crippen LogP contribution in [-0.4, -0.2) is 4.98 Å². The van der Waals surface area contributed by atoms with Gasteiger partial charge in [0.25, 0.3) is 0 Å². The van der Waals surface area contributed by atoms with Crippen LogP contribution in [0.25, 0.3) is 0 Å². The van der Waals surface area contributed by atoms with Gasteiger partial charge in [0, 0.05) is 10.8 Å². The maximum Gasteiger partial charge on any atom is 0.0962 e. The second-order valence-electron chi connectivity index (χ2n) is 5.46. The topological polar surface area (TPSA) is 38.9 Å². The lowest BCUT2D eigenvalue weighted by molar-refractivity contribution is 0.442. The van der Waals surface area contributed by atoms with Gasteiger partial charge < -0.3 is 5.73 Å². The number of nitrogens with two attached hydrogens (primary N) is 1. The molecule has 0 aromatic carbocycles. The molecule has 0 radical (unpaired) electrons. The van der Waals surface area contributed by atoms with E-state index < -0.39 is 0 Å². The fraction of sp³-hybridized carbons (Fsp3) is 0.769. The Hall–Kier alpha value is -0.410. The molecule has 1 aromatic rings. The summed E-state index contributed by atoms with van der Waals surface area (Å²) in [6, 6.07) is 0. The summed E-state index contributed by atoms with van der Waals surface area (Å²) in [5.74, 6) is 0.730. The summed E-state index contributed by atoms with van der Waals surface area (Å²) < 4.78 is 0. The van der Waals surface area contributed by atoms with E-state index >= 15 is 0 Å². The monoisotopic (exact) mass is 236 g/mol. The molecule has 2 aliphatic carbocycles. The molecule has 2 fully saturated rings. The maximum atomic E-state index is 6.28. The van der Waals surface area contributed by atoms with Crippen LogP contribution in [0.2, 0.25) is 0 Å². The number of rotatable bonds is 2. The molecule has 2 saturated carbocycles. The van der Waals surface area contributed by atoms with Crippen molar-refractivity contribution >= 4 is 11.3 Å². The molecule has 2 N–H and O–H groups in total. The van der Waals surface area contributed by atoms with Gasteiger partial charge in [-0.15, -0.1) is 11.3 Å². The predicted octanol–water partition coefficient (Wildman–Crippen LogP) is 3.45. The van der Waals surface area contributed by atoms with Crippen molar-refractivity contribution in [1.29, 1.82) is 0 Å². The molecule has 0 amide bonds. The van der Waals surface area contributed by atoms with Crippen LogP contribution in [0, 0.1) is 6.92 Å². The van der Waals surface area contributed by atoms with Gasteiger partial charge >= 0.3 is 0 Å². The fourth-order valence-corrected chi connectivity index (χ4v) is 4.16. The Bertz CT molecular complexity index is 387. The zero-order chi connectivity index (χ0) is 11.2. The first kappa shape index (κ1) is 10.7. The summed E-state index contributed by atoms with van der Waals surface area (Å²) in [7, 11) is 0. The van der Waals surface area contributed by atoms with E-state index in [1.165, 1.54) is 47.7 Å². The van der Waals surface area contributed by atoms with E-state index in [-0.39, 0.29) is 5.54 Å². The minimum atomic E-state index is 0.00860. The second-order valence-corrected chi connectivity index (χ2v) is 6.49. The minimum Gasteiger partial charge on any atom is -0.321 e.